The monoisotopic (exact) mass is 314 g/mol. The van der Waals surface area contributed by atoms with Crippen molar-refractivity contribution >= 4 is 23.6 Å². The van der Waals surface area contributed by atoms with E-state index in [1.165, 1.54) is 21.9 Å². The molecule has 114 valence electrons. The number of benzene rings is 1. The summed E-state index contributed by atoms with van der Waals surface area (Å²) in [7, 11) is 0. The third-order valence-corrected chi connectivity index (χ3v) is 3.49. The van der Waals surface area contributed by atoms with Crippen molar-refractivity contribution in [2.45, 2.75) is 6.92 Å². The van der Waals surface area contributed by atoms with Crippen molar-refractivity contribution in [3.8, 4) is 0 Å². The quantitative estimate of drug-likeness (QED) is 0.842. The number of nitrogens with zero attached hydrogens (tertiary/aromatic N) is 2. The molecule has 1 heterocycles. The Hall–Kier alpha value is -1.82. The third kappa shape index (κ3) is 3.64. The van der Waals surface area contributed by atoms with Crippen LogP contribution in [0.2, 0.25) is 5.02 Å². The Kier molecular flexibility index (Phi) is 5.01. The van der Waals surface area contributed by atoms with Crippen LogP contribution in [0.3, 0.4) is 0 Å². The van der Waals surface area contributed by atoms with Gasteiger partial charge in [0.05, 0.1) is 12.2 Å². The van der Waals surface area contributed by atoms with Crippen LogP contribution in [0.15, 0.2) is 18.2 Å². The van der Waals surface area contributed by atoms with Crippen LogP contribution >= 0.6 is 11.6 Å². The molecule has 1 aliphatic heterocycles. The highest BCUT2D eigenvalue weighted by atomic mass is 35.5. The van der Waals surface area contributed by atoms with Crippen LogP contribution in [0.5, 0.6) is 0 Å². The van der Waals surface area contributed by atoms with Gasteiger partial charge in [-0.1, -0.05) is 11.6 Å². The molecule has 0 N–H and O–H groups in total. The highest BCUT2D eigenvalue weighted by Gasteiger charge is 2.26. The van der Waals surface area contributed by atoms with Gasteiger partial charge in [0.25, 0.3) is 5.91 Å². The first kappa shape index (κ1) is 15.6. The minimum Gasteiger partial charge on any atom is -0.450 e. The molecule has 7 heteroatoms. The minimum atomic E-state index is -0.639. The van der Waals surface area contributed by atoms with E-state index in [2.05, 4.69) is 0 Å². The topological polar surface area (TPSA) is 49.9 Å². The zero-order chi connectivity index (χ0) is 15.4. The van der Waals surface area contributed by atoms with Crippen molar-refractivity contribution in [1.29, 1.82) is 0 Å². The maximum Gasteiger partial charge on any atom is 0.409 e. The predicted octanol–water partition coefficient (Wildman–Crippen LogP) is 2.39. The van der Waals surface area contributed by atoms with E-state index < -0.39 is 11.7 Å². The first-order valence-electron chi connectivity index (χ1n) is 6.69. The molecule has 0 atom stereocenters. The molecule has 0 aromatic heterocycles. The summed E-state index contributed by atoms with van der Waals surface area (Å²) in [5, 5.41) is 0.246. The second-order valence-electron chi connectivity index (χ2n) is 4.60. The molecular weight excluding hydrogens is 299 g/mol. The van der Waals surface area contributed by atoms with Gasteiger partial charge in [-0.05, 0) is 25.1 Å². The summed E-state index contributed by atoms with van der Waals surface area (Å²) in [5.74, 6) is -1.03. The van der Waals surface area contributed by atoms with Crippen LogP contribution in [-0.2, 0) is 4.74 Å². The number of carbonyl (C=O) groups is 2. The van der Waals surface area contributed by atoms with E-state index in [-0.39, 0.29) is 16.7 Å². The fourth-order valence-electron chi connectivity index (χ4n) is 2.14. The van der Waals surface area contributed by atoms with Crippen molar-refractivity contribution in [2.75, 3.05) is 32.8 Å². The van der Waals surface area contributed by atoms with Gasteiger partial charge >= 0.3 is 6.09 Å². The van der Waals surface area contributed by atoms with E-state index in [0.29, 0.717) is 32.8 Å². The van der Waals surface area contributed by atoms with Crippen molar-refractivity contribution in [2.24, 2.45) is 0 Å². The molecule has 0 radical (unpaired) electrons. The van der Waals surface area contributed by atoms with Crippen LogP contribution in [0.25, 0.3) is 0 Å². The van der Waals surface area contributed by atoms with E-state index >= 15 is 0 Å². The normalized spacial score (nSPS) is 15.0. The molecule has 0 aliphatic carbocycles. The molecule has 5 nitrogen and oxygen atoms in total. The Labute approximate surface area is 127 Å². The van der Waals surface area contributed by atoms with E-state index in [4.69, 9.17) is 16.3 Å². The summed E-state index contributed by atoms with van der Waals surface area (Å²) < 4.78 is 18.6. The lowest BCUT2D eigenvalue weighted by Crippen LogP contribution is -2.50. The summed E-state index contributed by atoms with van der Waals surface area (Å²) in [4.78, 5) is 26.9. The lowest BCUT2D eigenvalue weighted by molar-refractivity contribution is 0.0567. The Balaban J connectivity index is 1.98. The van der Waals surface area contributed by atoms with E-state index in [1.54, 1.807) is 6.92 Å². The SMILES string of the molecule is CCOC(=O)N1CCN(C(=O)c2ccc(Cl)cc2F)CC1. The first-order valence-corrected chi connectivity index (χ1v) is 7.06. The molecule has 21 heavy (non-hydrogen) atoms. The van der Waals surface area contributed by atoms with E-state index in [0.717, 1.165) is 6.07 Å². The van der Waals surface area contributed by atoms with Gasteiger partial charge in [0.15, 0.2) is 0 Å². The summed E-state index contributed by atoms with van der Waals surface area (Å²) >= 11 is 5.67. The standard InChI is InChI=1S/C14H16ClFN2O3/c1-2-21-14(20)18-7-5-17(6-8-18)13(19)11-4-3-10(15)9-12(11)16/h3-4,9H,2,5-8H2,1H3. The number of rotatable bonds is 2. The molecule has 0 spiro atoms. The van der Waals surface area contributed by atoms with Crippen LogP contribution in [0.4, 0.5) is 9.18 Å². The van der Waals surface area contributed by atoms with E-state index in [9.17, 15) is 14.0 Å². The molecule has 2 amide bonds. The van der Waals surface area contributed by atoms with Crippen LogP contribution in [0, 0.1) is 5.82 Å². The highest BCUT2D eigenvalue weighted by Crippen LogP contribution is 2.17. The average Bonchev–Trinajstić information content (AvgIpc) is 2.47. The Bertz CT molecular complexity index is 545. The molecule has 1 fully saturated rings. The Morgan fingerprint density at radius 2 is 1.86 bits per heavy atom. The highest BCUT2D eigenvalue weighted by molar-refractivity contribution is 6.30. The summed E-state index contributed by atoms with van der Waals surface area (Å²) in [6.45, 7) is 3.49. The van der Waals surface area contributed by atoms with Crippen LogP contribution < -0.4 is 0 Å². The van der Waals surface area contributed by atoms with Gasteiger partial charge in [-0.2, -0.15) is 0 Å². The van der Waals surface area contributed by atoms with Crippen LogP contribution in [-0.4, -0.2) is 54.6 Å². The zero-order valence-electron chi connectivity index (χ0n) is 11.6. The second kappa shape index (κ2) is 6.76. The van der Waals surface area contributed by atoms with Gasteiger partial charge in [-0.25, -0.2) is 9.18 Å². The number of amides is 2. The maximum atomic E-state index is 13.7. The van der Waals surface area contributed by atoms with Gasteiger partial charge in [-0.15, -0.1) is 0 Å². The molecule has 1 saturated heterocycles. The predicted molar refractivity (Wildman–Crippen MR) is 75.9 cm³/mol. The van der Waals surface area contributed by atoms with Crippen molar-refractivity contribution < 1.29 is 18.7 Å². The molecule has 0 bridgehead atoms. The second-order valence-corrected chi connectivity index (χ2v) is 5.04. The van der Waals surface area contributed by atoms with Crippen molar-refractivity contribution in [3.63, 3.8) is 0 Å². The summed E-state index contributed by atoms with van der Waals surface area (Å²) in [6.07, 6.45) is -0.387. The zero-order valence-corrected chi connectivity index (χ0v) is 12.4. The first-order chi connectivity index (χ1) is 10.0. The molecule has 1 aromatic carbocycles. The Morgan fingerprint density at radius 3 is 2.43 bits per heavy atom. The number of hydrogen-bond donors (Lipinski definition) is 0. The van der Waals surface area contributed by atoms with Crippen LogP contribution in [0.1, 0.15) is 17.3 Å². The summed E-state index contributed by atoms with van der Waals surface area (Å²) in [5.41, 5.74) is -0.0102. The van der Waals surface area contributed by atoms with Crippen molar-refractivity contribution in [1.82, 2.24) is 9.80 Å². The number of ether oxygens (including phenoxy) is 1. The molecule has 0 unspecified atom stereocenters. The fourth-order valence-corrected chi connectivity index (χ4v) is 2.30. The number of carbonyl (C=O) groups excluding carboxylic acids is 2. The molecule has 2 rings (SSSR count). The molecule has 1 aromatic rings. The van der Waals surface area contributed by atoms with Gasteiger partial charge in [0.2, 0.25) is 0 Å². The van der Waals surface area contributed by atoms with Gasteiger partial charge < -0.3 is 14.5 Å². The fraction of sp³-hybridized carbons (Fsp3) is 0.429. The van der Waals surface area contributed by atoms with Gasteiger partial charge in [0, 0.05) is 31.2 Å². The lowest BCUT2D eigenvalue weighted by Gasteiger charge is -2.34. The average molecular weight is 315 g/mol. The summed E-state index contributed by atoms with van der Waals surface area (Å²) in [6, 6.07) is 3.97. The Morgan fingerprint density at radius 1 is 1.24 bits per heavy atom. The van der Waals surface area contributed by atoms with Crippen molar-refractivity contribution in [3.05, 3.63) is 34.6 Å². The number of halogens is 2. The number of hydrogen-bond acceptors (Lipinski definition) is 3. The van der Waals surface area contributed by atoms with E-state index in [1.807, 2.05) is 0 Å². The van der Waals surface area contributed by atoms with Gasteiger partial charge in [0.1, 0.15) is 5.82 Å². The lowest BCUT2D eigenvalue weighted by atomic mass is 10.1. The third-order valence-electron chi connectivity index (χ3n) is 3.25. The number of piperazine rings is 1. The molecule has 0 saturated carbocycles. The molecule has 1 aliphatic rings. The largest absolute Gasteiger partial charge is 0.450 e. The maximum absolute atomic E-state index is 13.7. The molecular formula is C14H16ClFN2O3. The minimum absolute atomic E-state index is 0.0102. The van der Waals surface area contributed by atoms with Gasteiger partial charge in [-0.3, -0.25) is 4.79 Å². The smallest absolute Gasteiger partial charge is 0.409 e.